The van der Waals surface area contributed by atoms with Crippen LogP contribution in [0.5, 0.6) is 0 Å². The van der Waals surface area contributed by atoms with E-state index in [-0.39, 0.29) is 5.92 Å². The molecule has 0 aliphatic heterocycles. The average molecular weight is 385 g/mol. The fourth-order valence-electron chi connectivity index (χ4n) is 4.57. The predicted molar refractivity (Wildman–Crippen MR) is 117 cm³/mol. The van der Waals surface area contributed by atoms with E-state index < -0.39 is 0 Å². The largest absolute Gasteiger partial charge is 0.344 e. The molecular weight excluding hydrogens is 356 g/mol. The second kappa shape index (κ2) is 9.51. The first-order valence-electron chi connectivity index (χ1n) is 10.6. The van der Waals surface area contributed by atoms with E-state index in [0.29, 0.717) is 12.5 Å². The summed E-state index contributed by atoms with van der Waals surface area (Å²) in [5.74, 6) is 0.685. The molecule has 0 saturated carbocycles. The van der Waals surface area contributed by atoms with Gasteiger partial charge in [0, 0.05) is 31.4 Å². The predicted octanol–water partition coefficient (Wildman–Crippen LogP) is 5.18. The number of hydrogen-bond donors (Lipinski definition) is 0. The van der Waals surface area contributed by atoms with Gasteiger partial charge in [0.15, 0.2) is 0 Å². The van der Waals surface area contributed by atoms with Crippen molar-refractivity contribution in [3.8, 4) is 0 Å². The molecule has 0 bridgehead atoms. The van der Waals surface area contributed by atoms with E-state index in [1.165, 1.54) is 36.0 Å². The summed E-state index contributed by atoms with van der Waals surface area (Å²) in [6.45, 7) is 1.46. The van der Waals surface area contributed by atoms with Gasteiger partial charge in [-0.05, 0) is 59.9 Å². The minimum absolute atomic E-state index is 0.133. The molecule has 0 radical (unpaired) electrons. The molecular formula is C26H28N2O. The van der Waals surface area contributed by atoms with Crippen molar-refractivity contribution in [2.45, 2.75) is 37.5 Å². The molecule has 0 N–H and O–H groups in total. The number of hydrogen-bond acceptors (Lipinski definition) is 2. The van der Waals surface area contributed by atoms with Crippen LogP contribution in [0.2, 0.25) is 0 Å². The van der Waals surface area contributed by atoms with E-state index in [0.717, 1.165) is 24.9 Å². The zero-order valence-electron chi connectivity index (χ0n) is 16.8. The van der Waals surface area contributed by atoms with E-state index in [1.807, 2.05) is 23.2 Å². The normalized spacial score (nSPS) is 16.6. The van der Waals surface area contributed by atoms with Crippen LogP contribution in [0.4, 0.5) is 0 Å². The van der Waals surface area contributed by atoms with Crippen molar-refractivity contribution in [2.24, 2.45) is 0 Å². The van der Waals surface area contributed by atoms with Crippen LogP contribution in [0.3, 0.4) is 0 Å². The first-order chi connectivity index (χ1) is 14.3. The smallest absolute Gasteiger partial charge is 0.209 e. The van der Waals surface area contributed by atoms with E-state index in [9.17, 15) is 4.79 Å². The summed E-state index contributed by atoms with van der Waals surface area (Å²) in [5, 5.41) is 0. The third kappa shape index (κ3) is 4.73. The van der Waals surface area contributed by atoms with Crippen LogP contribution >= 0.6 is 0 Å². The Hall–Kier alpha value is -2.94. The maximum atomic E-state index is 11.9. The molecule has 0 saturated heterocycles. The quantitative estimate of drug-likeness (QED) is 0.501. The zero-order chi connectivity index (χ0) is 19.9. The Labute approximate surface area is 173 Å². The van der Waals surface area contributed by atoms with Crippen molar-refractivity contribution >= 4 is 6.41 Å². The lowest BCUT2D eigenvalue weighted by molar-refractivity contribution is -0.118. The molecule has 1 aliphatic carbocycles. The summed E-state index contributed by atoms with van der Waals surface area (Å²) < 4.78 is 0. The van der Waals surface area contributed by atoms with Crippen molar-refractivity contribution in [3.05, 3.63) is 101 Å². The van der Waals surface area contributed by atoms with Crippen LogP contribution in [-0.2, 0) is 11.2 Å². The Balaban J connectivity index is 1.48. The highest BCUT2D eigenvalue weighted by atomic mass is 16.1. The lowest BCUT2D eigenvalue weighted by atomic mass is 9.81. The van der Waals surface area contributed by atoms with Gasteiger partial charge in [-0.1, -0.05) is 60.7 Å². The number of fused-ring (bicyclic) bond motifs is 1. The van der Waals surface area contributed by atoms with Gasteiger partial charge in [-0.3, -0.25) is 9.78 Å². The second-order valence-corrected chi connectivity index (χ2v) is 7.93. The highest BCUT2D eigenvalue weighted by Crippen LogP contribution is 2.34. The molecule has 1 amide bonds. The van der Waals surface area contributed by atoms with Gasteiger partial charge in [-0.25, -0.2) is 0 Å². The molecule has 3 nitrogen and oxygen atoms in total. The molecule has 3 aromatic rings. The number of benzene rings is 2. The van der Waals surface area contributed by atoms with Gasteiger partial charge in [0.25, 0.3) is 0 Å². The second-order valence-electron chi connectivity index (χ2n) is 7.93. The third-order valence-electron chi connectivity index (χ3n) is 6.11. The van der Waals surface area contributed by atoms with Crippen molar-refractivity contribution in [1.29, 1.82) is 0 Å². The van der Waals surface area contributed by atoms with Crippen LogP contribution < -0.4 is 0 Å². The van der Waals surface area contributed by atoms with Crippen LogP contribution in [0, 0.1) is 0 Å². The molecule has 0 fully saturated rings. The number of carbonyl (C=O) groups is 1. The van der Waals surface area contributed by atoms with Crippen LogP contribution in [0.15, 0.2) is 79.1 Å². The number of pyridine rings is 1. The topological polar surface area (TPSA) is 33.2 Å². The zero-order valence-corrected chi connectivity index (χ0v) is 16.8. The molecule has 29 heavy (non-hydrogen) atoms. The summed E-state index contributed by atoms with van der Waals surface area (Å²) in [4.78, 5) is 18.2. The average Bonchev–Trinajstić information content (AvgIpc) is 2.80. The summed E-state index contributed by atoms with van der Waals surface area (Å²) in [6, 6.07) is 23.3. The Morgan fingerprint density at radius 2 is 1.79 bits per heavy atom. The van der Waals surface area contributed by atoms with Gasteiger partial charge in [0.05, 0.1) is 0 Å². The fraction of sp³-hybridized carbons (Fsp3) is 0.308. The molecule has 2 atom stereocenters. The summed E-state index contributed by atoms with van der Waals surface area (Å²) in [6.07, 6.45) is 9.38. The Bertz CT molecular complexity index is 871. The monoisotopic (exact) mass is 384 g/mol. The van der Waals surface area contributed by atoms with E-state index in [2.05, 4.69) is 59.6 Å². The van der Waals surface area contributed by atoms with Gasteiger partial charge in [0.2, 0.25) is 6.41 Å². The first kappa shape index (κ1) is 19.4. The maximum absolute atomic E-state index is 11.9. The highest BCUT2D eigenvalue weighted by Gasteiger charge is 2.22. The third-order valence-corrected chi connectivity index (χ3v) is 6.11. The van der Waals surface area contributed by atoms with Gasteiger partial charge in [-0.2, -0.15) is 0 Å². The van der Waals surface area contributed by atoms with Crippen molar-refractivity contribution in [2.75, 3.05) is 13.1 Å². The molecule has 4 rings (SSSR count). The number of aromatic nitrogens is 1. The van der Waals surface area contributed by atoms with Gasteiger partial charge < -0.3 is 4.90 Å². The highest BCUT2D eigenvalue weighted by molar-refractivity contribution is 5.48. The number of carbonyl (C=O) groups excluding carboxylic acids is 1. The molecule has 2 unspecified atom stereocenters. The number of rotatable bonds is 8. The SMILES string of the molecule is O=CN(CCC1CCCc2ccccc21)CC(c1ccccc1)c1cccnc1. The first-order valence-corrected chi connectivity index (χ1v) is 10.6. The number of amides is 1. The molecule has 148 valence electrons. The Kier molecular flexibility index (Phi) is 6.35. The standard InChI is InChI=1S/C26H28N2O/c29-20-28(17-15-23-12-6-11-21-10-4-5-14-25(21)23)19-26(22-8-2-1-3-9-22)24-13-7-16-27-18-24/h1-5,7-10,13-14,16,18,20,23,26H,6,11-12,15,17,19H2. The minimum Gasteiger partial charge on any atom is -0.344 e. The van der Waals surface area contributed by atoms with E-state index >= 15 is 0 Å². The van der Waals surface area contributed by atoms with Crippen LogP contribution in [0.1, 0.15) is 53.4 Å². The number of aryl methyl sites for hydroxylation is 1. The summed E-state index contributed by atoms with van der Waals surface area (Å²) in [5.41, 5.74) is 5.33. The van der Waals surface area contributed by atoms with Crippen molar-refractivity contribution < 1.29 is 4.79 Å². The van der Waals surface area contributed by atoms with Gasteiger partial charge in [0.1, 0.15) is 0 Å². The van der Waals surface area contributed by atoms with Gasteiger partial charge >= 0.3 is 0 Å². The van der Waals surface area contributed by atoms with E-state index in [1.54, 1.807) is 6.20 Å². The van der Waals surface area contributed by atoms with Crippen molar-refractivity contribution in [1.82, 2.24) is 9.88 Å². The lowest BCUT2D eigenvalue weighted by Gasteiger charge is -2.29. The Morgan fingerprint density at radius 1 is 1.00 bits per heavy atom. The van der Waals surface area contributed by atoms with Gasteiger partial charge in [-0.15, -0.1) is 0 Å². The number of nitrogens with zero attached hydrogens (tertiary/aromatic N) is 2. The van der Waals surface area contributed by atoms with Crippen LogP contribution in [0.25, 0.3) is 0 Å². The molecule has 1 heterocycles. The molecule has 3 heteroatoms. The molecule has 1 aliphatic rings. The van der Waals surface area contributed by atoms with E-state index in [4.69, 9.17) is 0 Å². The van der Waals surface area contributed by atoms with Crippen molar-refractivity contribution in [3.63, 3.8) is 0 Å². The molecule has 1 aromatic heterocycles. The maximum Gasteiger partial charge on any atom is 0.209 e. The fourth-order valence-corrected chi connectivity index (χ4v) is 4.57. The molecule has 2 aromatic carbocycles. The Morgan fingerprint density at radius 3 is 2.59 bits per heavy atom. The lowest BCUT2D eigenvalue weighted by Crippen LogP contribution is -2.30. The van der Waals surface area contributed by atoms with Crippen LogP contribution in [-0.4, -0.2) is 29.4 Å². The molecule has 0 spiro atoms. The summed E-state index contributed by atoms with van der Waals surface area (Å²) in [7, 11) is 0. The summed E-state index contributed by atoms with van der Waals surface area (Å²) >= 11 is 0. The minimum atomic E-state index is 0.133.